The van der Waals surface area contributed by atoms with Crippen LogP contribution in [0.25, 0.3) is 0 Å². The molecular weight excluding hydrogens is 354 g/mol. The Morgan fingerprint density at radius 2 is 2.15 bits per heavy atom. The Bertz CT molecular complexity index is 504. The highest BCUT2D eigenvalue weighted by Gasteiger charge is 2.13. The van der Waals surface area contributed by atoms with E-state index in [1.165, 1.54) is 6.07 Å². The summed E-state index contributed by atoms with van der Waals surface area (Å²) in [5.41, 5.74) is 0.246. The van der Waals surface area contributed by atoms with Crippen LogP contribution in [0, 0.1) is 5.82 Å². The molecule has 1 aromatic carbocycles. The molecule has 1 aromatic rings. The fraction of sp³-hybridized carbons (Fsp3) is 0.333. The van der Waals surface area contributed by atoms with Gasteiger partial charge in [0.25, 0.3) is 0 Å². The van der Waals surface area contributed by atoms with Crippen LogP contribution in [0.4, 0.5) is 14.9 Å². The Balaban J connectivity index is 2.61. The van der Waals surface area contributed by atoms with Gasteiger partial charge in [-0.1, -0.05) is 11.6 Å². The minimum absolute atomic E-state index is 0.0392. The standard InChI is InChI=1S/C12H13BrClFN2O3/c1-6(2-3-10(18)19)16-12(20)17-11-8(13)4-7(15)5-9(11)14/h4-6H,2-3H2,1H3,(H,18,19)(H2,16,17,20). The van der Waals surface area contributed by atoms with Crippen LogP contribution in [0.1, 0.15) is 19.8 Å². The molecule has 20 heavy (non-hydrogen) atoms. The summed E-state index contributed by atoms with van der Waals surface area (Å²) >= 11 is 8.93. The summed E-state index contributed by atoms with van der Waals surface area (Å²) in [4.78, 5) is 22.1. The Kier molecular flexibility index (Phi) is 6.22. The van der Waals surface area contributed by atoms with E-state index in [-0.39, 0.29) is 23.2 Å². The van der Waals surface area contributed by atoms with Crippen LogP contribution in [0.15, 0.2) is 16.6 Å². The average molecular weight is 368 g/mol. The first-order chi connectivity index (χ1) is 9.29. The number of hydrogen-bond acceptors (Lipinski definition) is 2. The SMILES string of the molecule is CC(CCC(=O)O)NC(=O)Nc1c(Cl)cc(F)cc1Br. The fourth-order valence-electron chi connectivity index (χ4n) is 1.45. The van der Waals surface area contributed by atoms with Crippen molar-refractivity contribution in [2.24, 2.45) is 0 Å². The lowest BCUT2D eigenvalue weighted by atomic mass is 10.2. The molecule has 1 unspecified atom stereocenters. The third-order valence-corrected chi connectivity index (χ3v) is 3.34. The monoisotopic (exact) mass is 366 g/mol. The average Bonchev–Trinajstić information content (AvgIpc) is 2.31. The van der Waals surface area contributed by atoms with E-state index in [9.17, 15) is 14.0 Å². The van der Waals surface area contributed by atoms with E-state index in [0.29, 0.717) is 10.9 Å². The number of hydrogen-bond donors (Lipinski definition) is 3. The summed E-state index contributed by atoms with van der Waals surface area (Å²) in [6.45, 7) is 1.68. The summed E-state index contributed by atoms with van der Waals surface area (Å²) in [6.07, 6.45) is 0.267. The second-order valence-corrected chi connectivity index (χ2v) is 5.44. The lowest BCUT2D eigenvalue weighted by molar-refractivity contribution is -0.137. The molecule has 0 radical (unpaired) electrons. The number of aliphatic carboxylic acids is 1. The molecule has 0 aromatic heterocycles. The minimum atomic E-state index is -0.927. The molecule has 110 valence electrons. The number of carbonyl (C=O) groups excluding carboxylic acids is 1. The van der Waals surface area contributed by atoms with Crippen molar-refractivity contribution < 1.29 is 19.1 Å². The van der Waals surface area contributed by atoms with Crippen molar-refractivity contribution in [3.8, 4) is 0 Å². The van der Waals surface area contributed by atoms with Gasteiger partial charge in [-0.3, -0.25) is 4.79 Å². The van der Waals surface area contributed by atoms with Crippen LogP contribution in [-0.2, 0) is 4.79 Å². The molecule has 0 aliphatic heterocycles. The van der Waals surface area contributed by atoms with Crippen LogP contribution < -0.4 is 10.6 Å². The highest BCUT2D eigenvalue weighted by Crippen LogP contribution is 2.31. The first-order valence-corrected chi connectivity index (χ1v) is 6.90. The summed E-state index contributed by atoms with van der Waals surface area (Å²) < 4.78 is 13.3. The summed E-state index contributed by atoms with van der Waals surface area (Å²) in [6, 6.07) is 1.40. The molecule has 0 fully saturated rings. The largest absolute Gasteiger partial charge is 0.481 e. The van der Waals surface area contributed by atoms with E-state index in [4.69, 9.17) is 16.7 Å². The van der Waals surface area contributed by atoms with Crippen molar-refractivity contribution in [1.82, 2.24) is 5.32 Å². The van der Waals surface area contributed by atoms with Crippen LogP contribution in [0.2, 0.25) is 5.02 Å². The van der Waals surface area contributed by atoms with Gasteiger partial charge in [-0.05, 0) is 41.4 Å². The van der Waals surface area contributed by atoms with Crippen molar-refractivity contribution in [3.63, 3.8) is 0 Å². The Morgan fingerprint density at radius 1 is 1.50 bits per heavy atom. The number of urea groups is 1. The molecule has 0 heterocycles. The normalized spacial score (nSPS) is 11.8. The molecule has 5 nitrogen and oxygen atoms in total. The van der Waals surface area contributed by atoms with E-state index >= 15 is 0 Å². The van der Waals surface area contributed by atoms with E-state index in [2.05, 4.69) is 26.6 Å². The number of amides is 2. The smallest absolute Gasteiger partial charge is 0.319 e. The fourth-order valence-corrected chi connectivity index (χ4v) is 2.35. The third-order valence-electron chi connectivity index (χ3n) is 2.41. The van der Waals surface area contributed by atoms with Gasteiger partial charge in [0.1, 0.15) is 5.82 Å². The summed E-state index contributed by atoms with van der Waals surface area (Å²) in [5.74, 6) is -1.45. The number of carboxylic acid groups (broad SMARTS) is 1. The predicted octanol–water partition coefficient (Wildman–Crippen LogP) is 3.62. The molecule has 3 N–H and O–H groups in total. The number of halogens is 3. The van der Waals surface area contributed by atoms with Crippen LogP contribution in [0.3, 0.4) is 0 Å². The number of carboxylic acids is 1. The molecule has 0 saturated carbocycles. The number of nitrogens with one attached hydrogen (secondary N) is 2. The molecule has 0 spiro atoms. The molecule has 0 aliphatic carbocycles. The second-order valence-electron chi connectivity index (χ2n) is 4.18. The molecule has 0 aliphatic rings. The Hall–Kier alpha value is -1.34. The minimum Gasteiger partial charge on any atom is -0.481 e. The third kappa shape index (κ3) is 5.34. The van der Waals surface area contributed by atoms with Gasteiger partial charge in [-0.2, -0.15) is 0 Å². The van der Waals surface area contributed by atoms with E-state index in [0.717, 1.165) is 6.07 Å². The maximum absolute atomic E-state index is 13.0. The van der Waals surface area contributed by atoms with Crippen LogP contribution >= 0.6 is 27.5 Å². The molecule has 2 amide bonds. The first kappa shape index (κ1) is 16.7. The highest BCUT2D eigenvalue weighted by atomic mass is 79.9. The predicted molar refractivity (Wildman–Crippen MR) is 77.6 cm³/mol. The van der Waals surface area contributed by atoms with Gasteiger partial charge in [-0.15, -0.1) is 0 Å². The lowest BCUT2D eigenvalue weighted by Crippen LogP contribution is -2.36. The maximum atomic E-state index is 13.0. The van der Waals surface area contributed by atoms with Crippen molar-refractivity contribution >= 4 is 45.2 Å². The molecule has 8 heteroatoms. The van der Waals surface area contributed by atoms with Gasteiger partial charge < -0.3 is 15.7 Å². The Morgan fingerprint density at radius 3 is 2.70 bits per heavy atom. The summed E-state index contributed by atoms with van der Waals surface area (Å²) in [7, 11) is 0. The number of anilines is 1. The molecule has 1 atom stereocenters. The quantitative estimate of drug-likeness (QED) is 0.744. The van der Waals surface area contributed by atoms with Gasteiger partial charge in [0.2, 0.25) is 0 Å². The Labute approximate surface area is 128 Å². The van der Waals surface area contributed by atoms with Gasteiger partial charge in [0, 0.05) is 16.9 Å². The van der Waals surface area contributed by atoms with Crippen LogP contribution in [0.5, 0.6) is 0 Å². The maximum Gasteiger partial charge on any atom is 0.319 e. The first-order valence-electron chi connectivity index (χ1n) is 5.73. The zero-order chi connectivity index (χ0) is 15.3. The van der Waals surface area contributed by atoms with Gasteiger partial charge in [0.15, 0.2) is 0 Å². The molecule has 1 rings (SSSR count). The lowest BCUT2D eigenvalue weighted by Gasteiger charge is -2.15. The van der Waals surface area contributed by atoms with Crippen molar-refractivity contribution in [2.45, 2.75) is 25.8 Å². The molecule has 0 bridgehead atoms. The zero-order valence-corrected chi connectivity index (χ0v) is 12.9. The molecule has 0 saturated heterocycles. The molecular formula is C12H13BrClFN2O3. The van der Waals surface area contributed by atoms with Crippen molar-refractivity contribution in [3.05, 3.63) is 27.4 Å². The van der Waals surface area contributed by atoms with Crippen LogP contribution in [-0.4, -0.2) is 23.1 Å². The number of rotatable bonds is 5. The van der Waals surface area contributed by atoms with Crippen molar-refractivity contribution in [2.75, 3.05) is 5.32 Å². The second kappa shape index (κ2) is 7.44. The van der Waals surface area contributed by atoms with E-state index in [1.54, 1.807) is 6.92 Å². The van der Waals surface area contributed by atoms with E-state index in [1.807, 2.05) is 0 Å². The van der Waals surface area contributed by atoms with Gasteiger partial charge in [0.05, 0.1) is 10.7 Å². The highest BCUT2D eigenvalue weighted by molar-refractivity contribution is 9.10. The van der Waals surface area contributed by atoms with E-state index < -0.39 is 17.8 Å². The topological polar surface area (TPSA) is 78.4 Å². The zero-order valence-electron chi connectivity index (χ0n) is 10.5. The van der Waals surface area contributed by atoms with Gasteiger partial charge in [-0.25, -0.2) is 9.18 Å². The van der Waals surface area contributed by atoms with Crippen molar-refractivity contribution in [1.29, 1.82) is 0 Å². The number of carbonyl (C=O) groups is 2. The van der Waals surface area contributed by atoms with Gasteiger partial charge >= 0.3 is 12.0 Å². The number of benzene rings is 1. The summed E-state index contributed by atoms with van der Waals surface area (Å²) in [5, 5.41) is 13.7.